The molecule has 0 spiro atoms. The minimum atomic E-state index is 1.01. The lowest BCUT2D eigenvalue weighted by Gasteiger charge is -1.92. The molecule has 0 fully saturated rings. The van der Waals surface area contributed by atoms with Gasteiger partial charge in [-0.1, -0.05) is 44.2 Å². The van der Waals surface area contributed by atoms with Crippen molar-refractivity contribution in [1.29, 1.82) is 0 Å². The Hall–Kier alpha value is -1.57. The molecule has 0 aliphatic heterocycles. The summed E-state index contributed by atoms with van der Waals surface area (Å²) in [6.45, 7) is 6.00. The Morgan fingerprint density at radius 1 is 1.07 bits per heavy atom. The number of aromatic amines is 1. The molecular weight excluding hydrogens is 172 g/mol. The summed E-state index contributed by atoms with van der Waals surface area (Å²) in [5.41, 5.74) is 3.25. The van der Waals surface area contributed by atoms with Gasteiger partial charge in [-0.15, -0.1) is 0 Å². The second-order valence-electron chi connectivity index (χ2n) is 2.80. The van der Waals surface area contributed by atoms with Gasteiger partial charge in [-0.2, -0.15) is 5.10 Å². The van der Waals surface area contributed by atoms with Crippen molar-refractivity contribution in [2.45, 2.75) is 20.8 Å². The van der Waals surface area contributed by atoms with Crippen LogP contribution in [0.3, 0.4) is 0 Å². The summed E-state index contributed by atoms with van der Waals surface area (Å²) in [5, 5.41) is 7.08. The smallest absolute Gasteiger partial charge is 0.0923 e. The van der Waals surface area contributed by atoms with Crippen molar-refractivity contribution in [3.63, 3.8) is 0 Å². The van der Waals surface area contributed by atoms with E-state index in [1.54, 1.807) is 0 Å². The van der Waals surface area contributed by atoms with Crippen LogP contribution >= 0.6 is 0 Å². The minimum absolute atomic E-state index is 1.01. The molecule has 1 aromatic heterocycles. The molecule has 1 N–H and O–H groups in total. The van der Waals surface area contributed by atoms with Gasteiger partial charge in [-0.25, -0.2) is 0 Å². The molecule has 0 aliphatic rings. The summed E-state index contributed by atoms with van der Waals surface area (Å²) >= 11 is 0. The van der Waals surface area contributed by atoms with Gasteiger partial charge in [0.25, 0.3) is 0 Å². The van der Waals surface area contributed by atoms with Crippen LogP contribution in [0.2, 0.25) is 0 Å². The number of hydrogen-bond acceptors (Lipinski definition) is 1. The van der Waals surface area contributed by atoms with E-state index in [2.05, 4.69) is 22.3 Å². The molecule has 0 atom stereocenters. The molecule has 2 rings (SSSR count). The topological polar surface area (TPSA) is 28.7 Å². The van der Waals surface area contributed by atoms with Gasteiger partial charge in [0, 0.05) is 11.3 Å². The average Bonchev–Trinajstić information content (AvgIpc) is 2.69. The molecule has 0 radical (unpaired) electrons. The Kier molecular flexibility index (Phi) is 3.92. The fourth-order valence-electron chi connectivity index (χ4n) is 1.17. The highest BCUT2D eigenvalue weighted by Gasteiger charge is 1.98. The quantitative estimate of drug-likeness (QED) is 0.730. The van der Waals surface area contributed by atoms with Crippen LogP contribution in [0.15, 0.2) is 36.4 Å². The molecule has 0 saturated heterocycles. The third-order valence-corrected chi connectivity index (χ3v) is 1.78. The van der Waals surface area contributed by atoms with Gasteiger partial charge < -0.3 is 0 Å². The Labute approximate surface area is 85.0 Å². The number of rotatable bonds is 1. The zero-order valence-corrected chi connectivity index (χ0v) is 8.91. The average molecular weight is 188 g/mol. The highest BCUT2D eigenvalue weighted by Crippen LogP contribution is 2.15. The molecule has 14 heavy (non-hydrogen) atoms. The van der Waals surface area contributed by atoms with E-state index in [4.69, 9.17) is 0 Å². The van der Waals surface area contributed by atoms with Crippen molar-refractivity contribution in [2.75, 3.05) is 0 Å². The third kappa shape index (κ3) is 2.46. The predicted octanol–water partition coefficient (Wildman–Crippen LogP) is 3.41. The lowest BCUT2D eigenvalue weighted by Crippen LogP contribution is -1.75. The number of nitrogens with one attached hydrogen (secondary N) is 1. The molecule has 2 aromatic rings. The van der Waals surface area contributed by atoms with Crippen LogP contribution < -0.4 is 0 Å². The first-order valence-corrected chi connectivity index (χ1v) is 4.94. The number of aryl methyl sites for hydroxylation is 1. The Bertz CT molecular complexity index is 363. The van der Waals surface area contributed by atoms with Gasteiger partial charge in [0.15, 0.2) is 0 Å². The fraction of sp³-hybridized carbons (Fsp3) is 0.250. The molecule has 0 saturated carbocycles. The van der Waals surface area contributed by atoms with E-state index in [9.17, 15) is 0 Å². The summed E-state index contributed by atoms with van der Waals surface area (Å²) in [6.07, 6.45) is 0. The van der Waals surface area contributed by atoms with E-state index >= 15 is 0 Å². The highest BCUT2D eigenvalue weighted by atomic mass is 15.1. The van der Waals surface area contributed by atoms with Crippen LogP contribution in [0.25, 0.3) is 11.3 Å². The molecule has 0 bridgehead atoms. The van der Waals surface area contributed by atoms with Gasteiger partial charge in [0.05, 0.1) is 5.69 Å². The van der Waals surface area contributed by atoms with Crippen LogP contribution in [0, 0.1) is 6.92 Å². The van der Waals surface area contributed by atoms with Crippen molar-refractivity contribution in [2.24, 2.45) is 0 Å². The van der Waals surface area contributed by atoms with E-state index in [1.165, 1.54) is 0 Å². The highest BCUT2D eigenvalue weighted by molar-refractivity contribution is 5.58. The minimum Gasteiger partial charge on any atom is -0.282 e. The molecule has 1 aromatic carbocycles. The van der Waals surface area contributed by atoms with Crippen LogP contribution in [0.4, 0.5) is 0 Å². The molecule has 1 heterocycles. The number of H-pyrrole nitrogens is 1. The summed E-state index contributed by atoms with van der Waals surface area (Å²) < 4.78 is 0. The molecule has 0 aliphatic carbocycles. The molecular formula is C12H16N2. The van der Waals surface area contributed by atoms with E-state index in [0.717, 1.165) is 17.0 Å². The maximum Gasteiger partial charge on any atom is 0.0923 e. The Balaban J connectivity index is 0.000000461. The van der Waals surface area contributed by atoms with Crippen LogP contribution in [0.1, 0.15) is 19.5 Å². The standard InChI is InChI=1S/C10H10N2.C2H6/c1-8-7-10(12-11-8)9-5-3-2-4-6-9;1-2/h2-7H,1H3,(H,11,12);1-2H3. The van der Waals surface area contributed by atoms with E-state index < -0.39 is 0 Å². The molecule has 0 amide bonds. The van der Waals surface area contributed by atoms with Crippen LogP contribution in [-0.2, 0) is 0 Å². The molecule has 2 heteroatoms. The SMILES string of the molecule is CC.Cc1cc(-c2ccccc2)n[nH]1. The first-order chi connectivity index (χ1) is 6.86. The lowest BCUT2D eigenvalue weighted by molar-refractivity contribution is 1.05. The first-order valence-electron chi connectivity index (χ1n) is 4.94. The summed E-state index contributed by atoms with van der Waals surface area (Å²) in [7, 11) is 0. The number of benzene rings is 1. The van der Waals surface area contributed by atoms with Crippen molar-refractivity contribution in [1.82, 2.24) is 10.2 Å². The first kappa shape index (κ1) is 10.5. The largest absolute Gasteiger partial charge is 0.282 e. The molecule has 0 unspecified atom stereocenters. The van der Waals surface area contributed by atoms with Gasteiger partial charge >= 0.3 is 0 Å². The zero-order valence-electron chi connectivity index (χ0n) is 8.91. The van der Waals surface area contributed by atoms with E-state index in [0.29, 0.717) is 0 Å². The third-order valence-electron chi connectivity index (χ3n) is 1.78. The fourth-order valence-corrected chi connectivity index (χ4v) is 1.17. The van der Waals surface area contributed by atoms with Crippen molar-refractivity contribution >= 4 is 0 Å². The molecule has 2 nitrogen and oxygen atoms in total. The monoisotopic (exact) mass is 188 g/mol. The summed E-state index contributed by atoms with van der Waals surface area (Å²) in [5.74, 6) is 0. The number of hydrogen-bond donors (Lipinski definition) is 1. The van der Waals surface area contributed by atoms with Gasteiger partial charge in [-0.3, -0.25) is 5.10 Å². The number of nitrogens with zero attached hydrogens (tertiary/aromatic N) is 1. The Morgan fingerprint density at radius 3 is 2.21 bits per heavy atom. The van der Waals surface area contributed by atoms with Gasteiger partial charge in [-0.05, 0) is 13.0 Å². The Morgan fingerprint density at radius 2 is 1.71 bits per heavy atom. The second-order valence-corrected chi connectivity index (χ2v) is 2.80. The molecule has 74 valence electrons. The lowest BCUT2D eigenvalue weighted by atomic mass is 10.1. The van der Waals surface area contributed by atoms with E-state index in [-0.39, 0.29) is 0 Å². The van der Waals surface area contributed by atoms with Crippen LogP contribution in [0.5, 0.6) is 0 Å². The number of aromatic nitrogens is 2. The van der Waals surface area contributed by atoms with Crippen LogP contribution in [-0.4, -0.2) is 10.2 Å². The van der Waals surface area contributed by atoms with Gasteiger partial charge in [0.1, 0.15) is 0 Å². The normalized spacial score (nSPS) is 9.07. The maximum absolute atomic E-state index is 4.16. The maximum atomic E-state index is 4.16. The predicted molar refractivity (Wildman–Crippen MR) is 60.1 cm³/mol. The second kappa shape index (κ2) is 5.22. The zero-order chi connectivity index (χ0) is 10.4. The van der Waals surface area contributed by atoms with Crippen molar-refractivity contribution in [3.8, 4) is 11.3 Å². The summed E-state index contributed by atoms with van der Waals surface area (Å²) in [4.78, 5) is 0. The van der Waals surface area contributed by atoms with E-state index in [1.807, 2.05) is 45.0 Å². The van der Waals surface area contributed by atoms with Crippen molar-refractivity contribution < 1.29 is 0 Å². The summed E-state index contributed by atoms with van der Waals surface area (Å²) in [6, 6.07) is 12.2. The van der Waals surface area contributed by atoms with Crippen molar-refractivity contribution in [3.05, 3.63) is 42.1 Å². The van der Waals surface area contributed by atoms with Gasteiger partial charge in [0.2, 0.25) is 0 Å².